The Morgan fingerprint density at radius 2 is 2.16 bits per heavy atom. The molecule has 0 unspecified atom stereocenters. The summed E-state index contributed by atoms with van der Waals surface area (Å²) >= 11 is 1.36. The molecule has 2 aromatic rings. The summed E-state index contributed by atoms with van der Waals surface area (Å²) < 4.78 is 0. The molecule has 19 heavy (non-hydrogen) atoms. The third-order valence-electron chi connectivity index (χ3n) is 3.18. The van der Waals surface area contributed by atoms with E-state index in [1.165, 1.54) is 18.4 Å². The van der Waals surface area contributed by atoms with Crippen LogP contribution in [0.15, 0.2) is 23.6 Å². The Morgan fingerprint density at radius 1 is 1.37 bits per heavy atom. The minimum atomic E-state index is -0.267. The van der Waals surface area contributed by atoms with Gasteiger partial charge in [0.2, 0.25) is 5.91 Å². The third kappa shape index (κ3) is 1.90. The van der Waals surface area contributed by atoms with Crippen LogP contribution in [0, 0.1) is 0 Å². The van der Waals surface area contributed by atoms with E-state index in [4.69, 9.17) is 5.73 Å². The average molecular weight is 273 g/mol. The number of hydrogen-bond acceptors (Lipinski definition) is 5. The first-order valence-corrected chi connectivity index (χ1v) is 6.59. The summed E-state index contributed by atoms with van der Waals surface area (Å²) in [5.74, 6) is -0.445. The maximum Gasteiger partial charge on any atom is 0.260 e. The lowest BCUT2D eigenvalue weighted by Gasteiger charge is -2.23. The Balaban J connectivity index is 2.09. The van der Waals surface area contributed by atoms with Crippen LogP contribution in [0.2, 0.25) is 0 Å². The Labute approximate surface area is 113 Å². The van der Waals surface area contributed by atoms with Gasteiger partial charge in [-0.15, -0.1) is 11.3 Å². The second-order valence-electron chi connectivity index (χ2n) is 4.38. The highest BCUT2D eigenvalue weighted by Crippen LogP contribution is 2.27. The Bertz CT molecular complexity index is 693. The van der Waals surface area contributed by atoms with Crippen LogP contribution in [-0.2, 0) is 11.2 Å². The highest BCUT2D eigenvalue weighted by molar-refractivity contribution is 7.13. The van der Waals surface area contributed by atoms with Crippen molar-refractivity contribution in [3.05, 3.63) is 34.7 Å². The number of carbonyl (C=O) groups excluding carboxylic acids is 2. The quantitative estimate of drug-likeness (QED) is 0.800. The molecule has 0 aliphatic carbocycles. The number of benzene rings is 1. The molecule has 5 nitrogen and oxygen atoms in total. The number of nitrogen functional groups attached to an aromatic ring is 1. The summed E-state index contributed by atoms with van der Waals surface area (Å²) in [6.07, 6.45) is 0.261. The molecule has 2 N–H and O–H groups in total. The average Bonchev–Trinajstić information content (AvgIpc) is 2.83. The largest absolute Gasteiger partial charge is 0.375 e. The van der Waals surface area contributed by atoms with Crippen LogP contribution >= 0.6 is 11.3 Å². The molecule has 3 rings (SSSR count). The van der Waals surface area contributed by atoms with Crippen molar-refractivity contribution in [2.45, 2.75) is 6.42 Å². The number of nitrogens with two attached hydrogens (primary N) is 1. The highest BCUT2D eigenvalue weighted by atomic mass is 32.1. The van der Waals surface area contributed by atoms with Gasteiger partial charge in [0.1, 0.15) is 0 Å². The molecule has 1 aromatic heterocycles. The number of fused-ring (bicyclic) bond motifs is 1. The monoisotopic (exact) mass is 273 g/mol. The fourth-order valence-electron chi connectivity index (χ4n) is 2.08. The molecule has 1 aliphatic heterocycles. The normalized spacial score (nSPS) is 14.7. The van der Waals surface area contributed by atoms with Crippen molar-refractivity contribution in [1.29, 1.82) is 0 Å². The van der Waals surface area contributed by atoms with Gasteiger partial charge >= 0.3 is 0 Å². The van der Waals surface area contributed by atoms with E-state index in [1.54, 1.807) is 6.07 Å². The van der Waals surface area contributed by atoms with Crippen molar-refractivity contribution in [2.24, 2.45) is 0 Å². The number of rotatable bonds is 1. The van der Waals surface area contributed by atoms with Crippen molar-refractivity contribution in [3.63, 3.8) is 0 Å². The number of anilines is 1. The van der Waals surface area contributed by atoms with Crippen molar-refractivity contribution >= 4 is 28.3 Å². The molecule has 2 heterocycles. The van der Waals surface area contributed by atoms with E-state index >= 15 is 0 Å². The lowest BCUT2D eigenvalue weighted by Crippen LogP contribution is -2.39. The van der Waals surface area contributed by atoms with Crippen LogP contribution in [0.5, 0.6) is 0 Å². The molecule has 0 saturated carbocycles. The Morgan fingerprint density at radius 3 is 2.84 bits per heavy atom. The van der Waals surface area contributed by atoms with Gasteiger partial charge in [-0.1, -0.05) is 12.1 Å². The van der Waals surface area contributed by atoms with E-state index in [0.29, 0.717) is 10.7 Å². The summed E-state index contributed by atoms with van der Waals surface area (Å²) in [5, 5.41) is 2.34. The van der Waals surface area contributed by atoms with E-state index in [-0.39, 0.29) is 18.2 Å². The maximum absolute atomic E-state index is 12.1. The smallest absolute Gasteiger partial charge is 0.260 e. The van der Waals surface area contributed by atoms with E-state index < -0.39 is 0 Å². The first kappa shape index (κ1) is 11.9. The first-order chi connectivity index (χ1) is 9.06. The lowest BCUT2D eigenvalue weighted by atomic mass is 9.96. The van der Waals surface area contributed by atoms with Gasteiger partial charge in [0.15, 0.2) is 5.13 Å². The van der Waals surface area contributed by atoms with Crippen LogP contribution in [0.3, 0.4) is 0 Å². The van der Waals surface area contributed by atoms with Gasteiger partial charge in [0, 0.05) is 23.6 Å². The Hall–Kier alpha value is -2.21. The first-order valence-electron chi connectivity index (χ1n) is 5.71. The molecule has 0 atom stereocenters. The molecule has 0 fully saturated rings. The number of imide groups is 1. The van der Waals surface area contributed by atoms with E-state index in [1.807, 2.05) is 17.5 Å². The summed E-state index contributed by atoms with van der Waals surface area (Å²) in [4.78, 5) is 29.0. The maximum atomic E-state index is 12.1. The molecule has 0 bridgehead atoms. The summed E-state index contributed by atoms with van der Waals surface area (Å²) in [6, 6.07) is 5.44. The number of aromatic nitrogens is 1. The van der Waals surface area contributed by atoms with Crippen molar-refractivity contribution in [1.82, 2.24) is 9.88 Å². The van der Waals surface area contributed by atoms with Gasteiger partial charge in [-0.05, 0) is 11.6 Å². The number of hydrogen-bond donors (Lipinski definition) is 1. The summed E-state index contributed by atoms with van der Waals surface area (Å²) in [7, 11) is 1.50. The van der Waals surface area contributed by atoms with Crippen LogP contribution in [0.1, 0.15) is 15.9 Å². The fraction of sp³-hybridized carbons (Fsp3) is 0.154. The van der Waals surface area contributed by atoms with Crippen LogP contribution in [0.4, 0.5) is 5.13 Å². The molecule has 0 radical (unpaired) electrons. The fourth-order valence-corrected chi connectivity index (χ4v) is 2.66. The summed E-state index contributed by atoms with van der Waals surface area (Å²) in [6.45, 7) is 0. The number of carbonyl (C=O) groups is 2. The van der Waals surface area contributed by atoms with Gasteiger partial charge in [0.25, 0.3) is 5.91 Å². The molecule has 6 heteroatoms. The van der Waals surface area contributed by atoms with Gasteiger partial charge < -0.3 is 5.73 Å². The minimum absolute atomic E-state index is 0.178. The van der Waals surface area contributed by atoms with Crippen molar-refractivity contribution in [2.75, 3.05) is 12.8 Å². The van der Waals surface area contributed by atoms with Crippen molar-refractivity contribution < 1.29 is 9.59 Å². The molecule has 2 amide bonds. The molecular weight excluding hydrogens is 262 g/mol. The number of amides is 2. The Kier molecular flexibility index (Phi) is 2.60. The van der Waals surface area contributed by atoms with E-state index in [9.17, 15) is 9.59 Å². The van der Waals surface area contributed by atoms with E-state index in [2.05, 4.69) is 4.98 Å². The van der Waals surface area contributed by atoms with Crippen LogP contribution < -0.4 is 5.73 Å². The van der Waals surface area contributed by atoms with Gasteiger partial charge in [-0.3, -0.25) is 14.5 Å². The summed E-state index contributed by atoms with van der Waals surface area (Å²) in [5.41, 5.74) is 8.52. The van der Waals surface area contributed by atoms with Gasteiger partial charge in [-0.25, -0.2) is 4.98 Å². The lowest BCUT2D eigenvalue weighted by molar-refractivity contribution is -0.127. The highest BCUT2D eigenvalue weighted by Gasteiger charge is 2.28. The predicted molar refractivity (Wildman–Crippen MR) is 72.8 cm³/mol. The number of thiazole rings is 1. The van der Waals surface area contributed by atoms with Crippen LogP contribution in [-0.4, -0.2) is 28.7 Å². The molecule has 1 aliphatic rings. The SMILES string of the molecule is CN1C(=O)Cc2ccc(-c3csc(N)n3)cc2C1=O. The molecular formula is C13H11N3O2S. The number of nitrogens with zero attached hydrogens (tertiary/aromatic N) is 2. The molecule has 1 aromatic carbocycles. The molecule has 0 spiro atoms. The molecule has 96 valence electrons. The van der Waals surface area contributed by atoms with E-state index in [0.717, 1.165) is 21.7 Å². The minimum Gasteiger partial charge on any atom is -0.375 e. The topological polar surface area (TPSA) is 76.3 Å². The second-order valence-corrected chi connectivity index (χ2v) is 5.27. The zero-order chi connectivity index (χ0) is 13.6. The van der Waals surface area contributed by atoms with Gasteiger partial charge in [0.05, 0.1) is 12.1 Å². The van der Waals surface area contributed by atoms with Crippen molar-refractivity contribution in [3.8, 4) is 11.3 Å². The second kappa shape index (κ2) is 4.17. The zero-order valence-corrected chi connectivity index (χ0v) is 11.0. The standard InChI is InChI=1S/C13H11N3O2S/c1-16-11(17)5-7-2-3-8(4-9(7)12(16)18)10-6-19-13(14)15-10/h2-4,6H,5H2,1H3,(H2,14,15). The predicted octanol–water partition coefficient (Wildman–Crippen LogP) is 1.55. The van der Waals surface area contributed by atoms with Gasteiger partial charge in [-0.2, -0.15) is 0 Å². The molecule has 0 saturated heterocycles. The third-order valence-corrected chi connectivity index (χ3v) is 3.85. The van der Waals surface area contributed by atoms with Crippen LogP contribution in [0.25, 0.3) is 11.3 Å². The zero-order valence-electron chi connectivity index (χ0n) is 10.2. The number of likely N-dealkylation sites (N-methyl/N-ethyl adjacent to an activating group) is 1.